The van der Waals surface area contributed by atoms with Gasteiger partial charge in [-0.3, -0.25) is 4.98 Å². The molecule has 3 nitrogen and oxygen atoms in total. The number of hydrogen-bond donors (Lipinski definition) is 0. The highest BCUT2D eigenvalue weighted by atomic mass is 19.4. The fourth-order valence-corrected chi connectivity index (χ4v) is 1.61. The minimum Gasteiger partial charge on any atom is -0.406 e. The van der Waals surface area contributed by atoms with Crippen LogP contribution in [0.25, 0.3) is 11.1 Å². The minimum absolute atomic E-state index is 0.0973. The molecule has 1 aromatic carbocycles. The van der Waals surface area contributed by atoms with E-state index in [9.17, 15) is 17.6 Å². The summed E-state index contributed by atoms with van der Waals surface area (Å²) >= 11 is 0. The molecule has 0 amide bonds. The smallest absolute Gasteiger partial charge is 0.406 e. The molecule has 0 saturated carbocycles. The van der Waals surface area contributed by atoms with Crippen LogP contribution in [0.5, 0.6) is 5.75 Å². The predicted molar refractivity (Wildman–Crippen MR) is 61.0 cm³/mol. The Bertz CT molecular complexity index is 677. The number of rotatable bonds is 2. The highest BCUT2D eigenvalue weighted by Crippen LogP contribution is 2.31. The first-order chi connectivity index (χ1) is 9.40. The number of alkyl halides is 3. The summed E-state index contributed by atoms with van der Waals surface area (Å²) in [5.74, 6) is -1.34. The molecule has 0 aliphatic carbocycles. The van der Waals surface area contributed by atoms with Gasteiger partial charge in [-0.25, -0.2) is 4.39 Å². The Kier molecular flexibility index (Phi) is 3.57. The summed E-state index contributed by atoms with van der Waals surface area (Å²) in [5, 5.41) is 8.91. The quantitative estimate of drug-likeness (QED) is 0.790. The molecule has 0 radical (unpaired) electrons. The van der Waals surface area contributed by atoms with E-state index < -0.39 is 17.9 Å². The normalized spacial score (nSPS) is 10.9. The third-order valence-electron chi connectivity index (χ3n) is 2.40. The first kappa shape index (κ1) is 13.8. The first-order valence-corrected chi connectivity index (χ1v) is 5.30. The van der Waals surface area contributed by atoms with Gasteiger partial charge in [-0.05, 0) is 24.3 Å². The summed E-state index contributed by atoms with van der Waals surface area (Å²) in [6, 6.07) is 5.73. The van der Waals surface area contributed by atoms with Gasteiger partial charge in [0.25, 0.3) is 0 Å². The number of benzene rings is 1. The summed E-state index contributed by atoms with van der Waals surface area (Å²) in [6.07, 6.45) is -2.34. The van der Waals surface area contributed by atoms with Gasteiger partial charge in [-0.1, -0.05) is 0 Å². The lowest BCUT2D eigenvalue weighted by atomic mass is 10.0. The molecular weight excluding hydrogens is 276 g/mol. The summed E-state index contributed by atoms with van der Waals surface area (Å²) in [5.41, 5.74) is 0.0135. The zero-order chi connectivity index (χ0) is 14.8. The minimum atomic E-state index is -4.87. The molecule has 102 valence electrons. The molecule has 7 heteroatoms. The number of nitriles is 1. The standard InChI is InChI=1S/C13H6F4N2O/c14-12-2-1-9(20-13(15,16)17)5-10(12)11-7-19-4-3-8(11)6-18/h1-5,7H. The van der Waals surface area contributed by atoms with E-state index in [0.29, 0.717) is 0 Å². The van der Waals surface area contributed by atoms with Crippen molar-refractivity contribution in [2.45, 2.75) is 6.36 Å². The number of halogens is 4. The molecule has 0 aliphatic rings. The first-order valence-electron chi connectivity index (χ1n) is 5.30. The average molecular weight is 282 g/mol. The van der Waals surface area contributed by atoms with Crippen molar-refractivity contribution >= 4 is 0 Å². The highest BCUT2D eigenvalue weighted by Gasteiger charge is 2.31. The molecule has 0 atom stereocenters. The highest BCUT2D eigenvalue weighted by molar-refractivity contribution is 5.71. The molecule has 2 aromatic rings. The second-order valence-corrected chi connectivity index (χ2v) is 3.72. The summed E-state index contributed by atoms with van der Waals surface area (Å²) in [7, 11) is 0. The molecule has 0 bridgehead atoms. The largest absolute Gasteiger partial charge is 0.573 e. The van der Waals surface area contributed by atoms with Gasteiger partial charge in [0.1, 0.15) is 11.6 Å². The van der Waals surface area contributed by atoms with Crippen LogP contribution in [0, 0.1) is 17.1 Å². The number of ether oxygens (including phenoxy) is 1. The van der Waals surface area contributed by atoms with Crippen molar-refractivity contribution in [3.63, 3.8) is 0 Å². The van der Waals surface area contributed by atoms with Crippen LogP contribution in [0.15, 0.2) is 36.7 Å². The molecule has 0 N–H and O–H groups in total. The number of pyridine rings is 1. The second-order valence-electron chi connectivity index (χ2n) is 3.72. The molecule has 0 aliphatic heterocycles. The van der Waals surface area contributed by atoms with Crippen molar-refractivity contribution in [1.29, 1.82) is 5.26 Å². The Morgan fingerprint density at radius 1 is 1.15 bits per heavy atom. The van der Waals surface area contributed by atoms with E-state index in [-0.39, 0.29) is 16.7 Å². The summed E-state index contributed by atoms with van der Waals surface area (Å²) in [4.78, 5) is 3.73. The Labute approximate surface area is 111 Å². The summed E-state index contributed by atoms with van der Waals surface area (Å²) in [6.45, 7) is 0. The fraction of sp³-hybridized carbons (Fsp3) is 0.0769. The van der Waals surface area contributed by atoms with Crippen molar-refractivity contribution in [2.75, 3.05) is 0 Å². The number of nitrogens with zero attached hydrogens (tertiary/aromatic N) is 2. The maximum absolute atomic E-state index is 13.7. The molecule has 1 aromatic heterocycles. The van der Waals surface area contributed by atoms with Crippen LogP contribution in [0.1, 0.15) is 5.56 Å². The molecular formula is C13H6F4N2O. The van der Waals surface area contributed by atoms with Crippen LogP contribution in [-0.2, 0) is 0 Å². The zero-order valence-corrected chi connectivity index (χ0v) is 9.78. The maximum Gasteiger partial charge on any atom is 0.573 e. The lowest BCUT2D eigenvalue weighted by Crippen LogP contribution is -2.17. The van der Waals surface area contributed by atoms with Crippen LogP contribution in [0.2, 0.25) is 0 Å². The van der Waals surface area contributed by atoms with Gasteiger partial charge < -0.3 is 4.74 Å². The molecule has 0 spiro atoms. The van der Waals surface area contributed by atoms with Crippen LogP contribution >= 0.6 is 0 Å². The van der Waals surface area contributed by atoms with Gasteiger partial charge in [0.2, 0.25) is 0 Å². The molecule has 0 fully saturated rings. The van der Waals surface area contributed by atoms with Gasteiger partial charge in [-0.2, -0.15) is 5.26 Å². The maximum atomic E-state index is 13.7. The SMILES string of the molecule is N#Cc1ccncc1-c1cc(OC(F)(F)F)ccc1F. The van der Waals surface area contributed by atoms with E-state index in [0.717, 1.165) is 18.2 Å². The Morgan fingerprint density at radius 3 is 2.55 bits per heavy atom. The van der Waals surface area contributed by atoms with Crippen LogP contribution in [0.4, 0.5) is 17.6 Å². The van der Waals surface area contributed by atoms with Crippen molar-refractivity contribution < 1.29 is 22.3 Å². The molecule has 1 heterocycles. The van der Waals surface area contributed by atoms with E-state index in [1.807, 2.05) is 6.07 Å². The third kappa shape index (κ3) is 3.03. The van der Waals surface area contributed by atoms with Crippen molar-refractivity contribution in [1.82, 2.24) is 4.98 Å². The molecule has 20 heavy (non-hydrogen) atoms. The average Bonchev–Trinajstić information content (AvgIpc) is 2.39. The molecule has 0 saturated heterocycles. The van der Waals surface area contributed by atoms with Crippen LogP contribution in [0.3, 0.4) is 0 Å². The van der Waals surface area contributed by atoms with Gasteiger partial charge in [0.05, 0.1) is 11.6 Å². The Balaban J connectivity index is 2.51. The molecule has 0 unspecified atom stereocenters. The van der Waals surface area contributed by atoms with E-state index in [4.69, 9.17) is 5.26 Å². The van der Waals surface area contributed by atoms with E-state index >= 15 is 0 Å². The van der Waals surface area contributed by atoms with Gasteiger partial charge in [0, 0.05) is 23.5 Å². The Hall–Kier alpha value is -2.62. The number of aromatic nitrogens is 1. The zero-order valence-electron chi connectivity index (χ0n) is 9.78. The van der Waals surface area contributed by atoms with Crippen LogP contribution < -0.4 is 4.74 Å². The fourth-order valence-electron chi connectivity index (χ4n) is 1.61. The third-order valence-corrected chi connectivity index (χ3v) is 2.40. The monoisotopic (exact) mass is 282 g/mol. The lowest BCUT2D eigenvalue weighted by Gasteiger charge is -2.11. The van der Waals surface area contributed by atoms with Gasteiger partial charge in [0.15, 0.2) is 0 Å². The van der Waals surface area contributed by atoms with Crippen molar-refractivity contribution in [3.8, 4) is 22.9 Å². The van der Waals surface area contributed by atoms with Gasteiger partial charge >= 0.3 is 6.36 Å². The van der Waals surface area contributed by atoms with Crippen LogP contribution in [-0.4, -0.2) is 11.3 Å². The van der Waals surface area contributed by atoms with E-state index in [1.54, 1.807) is 0 Å². The van der Waals surface area contributed by atoms with Gasteiger partial charge in [-0.15, -0.1) is 13.2 Å². The number of hydrogen-bond acceptors (Lipinski definition) is 3. The predicted octanol–water partition coefficient (Wildman–Crippen LogP) is 3.66. The van der Waals surface area contributed by atoms with Crippen molar-refractivity contribution in [3.05, 3.63) is 48.0 Å². The Morgan fingerprint density at radius 2 is 1.90 bits per heavy atom. The van der Waals surface area contributed by atoms with Crippen molar-refractivity contribution in [2.24, 2.45) is 0 Å². The second kappa shape index (κ2) is 5.17. The van der Waals surface area contributed by atoms with E-state index in [1.165, 1.54) is 18.5 Å². The lowest BCUT2D eigenvalue weighted by molar-refractivity contribution is -0.274. The topological polar surface area (TPSA) is 45.9 Å². The molecule has 2 rings (SSSR count). The summed E-state index contributed by atoms with van der Waals surface area (Å²) < 4.78 is 53.9. The van der Waals surface area contributed by atoms with E-state index in [2.05, 4.69) is 9.72 Å².